The number of benzene rings is 3. The smallest absolute Gasteiger partial charge is 0.253 e. The number of aromatic nitrogens is 1. The number of carbonyl (C=O) groups excluding carboxylic acids is 1. The molecule has 5 nitrogen and oxygen atoms in total. The van der Waals surface area contributed by atoms with E-state index in [1.165, 1.54) is 0 Å². The second kappa shape index (κ2) is 7.52. The van der Waals surface area contributed by atoms with Gasteiger partial charge in [0.15, 0.2) is 0 Å². The molecule has 3 aromatic carbocycles. The summed E-state index contributed by atoms with van der Waals surface area (Å²) in [5, 5.41) is 23.9. The molecule has 0 spiro atoms. The average molecular weight is 398 g/mol. The Morgan fingerprint density at radius 1 is 0.900 bits per heavy atom. The van der Waals surface area contributed by atoms with E-state index < -0.39 is 12.2 Å². The molecule has 1 saturated heterocycles. The second-order valence-corrected chi connectivity index (χ2v) is 7.82. The van der Waals surface area contributed by atoms with Crippen molar-refractivity contribution in [2.24, 2.45) is 0 Å². The average Bonchev–Trinajstić information content (AvgIpc) is 2.79. The molecule has 4 aromatic rings. The van der Waals surface area contributed by atoms with E-state index in [0.717, 1.165) is 32.7 Å². The van der Waals surface area contributed by atoms with Gasteiger partial charge in [-0.2, -0.15) is 0 Å². The summed E-state index contributed by atoms with van der Waals surface area (Å²) in [6, 6.07) is 20.1. The zero-order chi connectivity index (χ0) is 20.7. The van der Waals surface area contributed by atoms with E-state index in [4.69, 9.17) is 0 Å². The molecule has 0 saturated carbocycles. The van der Waals surface area contributed by atoms with Crippen LogP contribution < -0.4 is 0 Å². The first-order valence-corrected chi connectivity index (χ1v) is 10.1. The number of fused-ring (bicyclic) bond motifs is 2. The Labute approximate surface area is 174 Å². The van der Waals surface area contributed by atoms with Crippen molar-refractivity contribution in [2.75, 3.05) is 13.1 Å². The van der Waals surface area contributed by atoms with Crippen molar-refractivity contribution >= 4 is 27.5 Å². The molecule has 0 aliphatic carbocycles. The van der Waals surface area contributed by atoms with Crippen LogP contribution in [0.1, 0.15) is 16.8 Å². The molecule has 150 valence electrons. The highest BCUT2D eigenvalue weighted by Crippen LogP contribution is 2.34. The number of hydrogen-bond acceptors (Lipinski definition) is 4. The topological polar surface area (TPSA) is 73.7 Å². The zero-order valence-corrected chi connectivity index (χ0v) is 16.4. The lowest BCUT2D eigenvalue weighted by molar-refractivity contribution is -0.0321. The summed E-state index contributed by atoms with van der Waals surface area (Å²) in [4.78, 5) is 18.8. The predicted octanol–water partition coefficient (Wildman–Crippen LogP) is 3.62. The number of likely N-dealkylation sites (tertiary alicyclic amines) is 1. The van der Waals surface area contributed by atoms with E-state index in [0.29, 0.717) is 18.5 Å². The molecular weight excluding hydrogens is 376 g/mol. The summed E-state index contributed by atoms with van der Waals surface area (Å²) in [6.45, 7) is 0.599. The fraction of sp³-hybridized carbons (Fsp3) is 0.200. The number of hydrogen-bond donors (Lipinski definition) is 2. The van der Waals surface area contributed by atoms with Crippen LogP contribution in [0.5, 0.6) is 0 Å². The van der Waals surface area contributed by atoms with E-state index in [-0.39, 0.29) is 12.5 Å². The van der Waals surface area contributed by atoms with Gasteiger partial charge in [-0.15, -0.1) is 0 Å². The molecule has 0 unspecified atom stereocenters. The summed E-state index contributed by atoms with van der Waals surface area (Å²) in [6.07, 6.45) is 2.41. The third kappa shape index (κ3) is 3.22. The molecule has 1 amide bonds. The SMILES string of the molecule is O=C(c1ccc2c(-c3cccc4cnccc34)cccc2c1)N1CC[C@H](O)[C@H](O)C1. The Hall–Kier alpha value is -3.28. The summed E-state index contributed by atoms with van der Waals surface area (Å²) in [5.41, 5.74) is 2.83. The first kappa shape index (κ1) is 18.7. The van der Waals surface area contributed by atoms with Gasteiger partial charge in [0.2, 0.25) is 0 Å². The van der Waals surface area contributed by atoms with Gasteiger partial charge in [0, 0.05) is 36.4 Å². The number of nitrogens with zero attached hydrogens (tertiary/aromatic N) is 2. The molecule has 2 N–H and O–H groups in total. The van der Waals surface area contributed by atoms with E-state index in [1.807, 2.05) is 48.7 Å². The van der Waals surface area contributed by atoms with Crippen LogP contribution in [-0.4, -0.2) is 51.3 Å². The molecule has 1 aromatic heterocycles. The molecule has 5 rings (SSSR count). The third-order valence-corrected chi connectivity index (χ3v) is 5.93. The Bertz CT molecular complexity index is 1250. The minimum absolute atomic E-state index is 0.121. The van der Waals surface area contributed by atoms with E-state index in [1.54, 1.807) is 11.1 Å². The summed E-state index contributed by atoms with van der Waals surface area (Å²) in [5.74, 6) is -0.121. The van der Waals surface area contributed by atoms with Gasteiger partial charge in [-0.05, 0) is 51.9 Å². The standard InChI is InChI=1S/C25H22N2O3/c28-23-10-12-27(15-24(23)29)25(30)17-7-8-19-16(13-17)3-1-5-21(19)22-6-2-4-18-14-26-11-9-20(18)22/h1-9,11,13-14,23-24,28-29H,10,12,15H2/t23-,24+/m0/s1. The molecule has 1 fully saturated rings. The Balaban J connectivity index is 1.55. The van der Waals surface area contributed by atoms with Crippen molar-refractivity contribution in [3.8, 4) is 11.1 Å². The van der Waals surface area contributed by atoms with Crippen molar-refractivity contribution in [3.63, 3.8) is 0 Å². The summed E-state index contributed by atoms with van der Waals surface area (Å²) >= 11 is 0. The molecule has 5 heteroatoms. The summed E-state index contributed by atoms with van der Waals surface area (Å²) < 4.78 is 0. The fourth-order valence-electron chi connectivity index (χ4n) is 4.30. The monoisotopic (exact) mass is 398 g/mol. The van der Waals surface area contributed by atoms with Crippen molar-refractivity contribution in [1.29, 1.82) is 0 Å². The molecule has 2 heterocycles. The molecule has 0 bridgehead atoms. The van der Waals surface area contributed by atoms with Crippen LogP contribution in [0.4, 0.5) is 0 Å². The first-order chi connectivity index (χ1) is 14.6. The van der Waals surface area contributed by atoms with Crippen LogP contribution in [0.15, 0.2) is 73.1 Å². The van der Waals surface area contributed by atoms with Gasteiger partial charge in [0.25, 0.3) is 5.91 Å². The maximum absolute atomic E-state index is 13.0. The predicted molar refractivity (Wildman–Crippen MR) is 117 cm³/mol. The van der Waals surface area contributed by atoms with Crippen LogP contribution in [-0.2, 0) is 0 Å². The summed E-state index contributed by atoms with van der Waals surface area (Å²) in [7, 11) is 0. The van der Waals surface area contributed by atoms with Crippen molar-refractivity contribution < 1.29 is 15.0 Å². The van der Waals surface area contributed by atoms with Crippen molar-refractivity contribution in [2.45, 2.75) is 18.6 Å². The van der Waals surface area contributed by atoms with Crippen LogP contribution >= 0.6 is 0 Å². The lowest BCUT2D eigenvalue weighted by Crippen LogP contribution is -2.48. The molecular formula is C25H22N2O3. The molecule has 1 aliphatic rings. The number of aliphatic hydroxyl groups excluding tert-OH is 2. The van der Waals surface area contributed by atoms with E-state index >= 15 is 0 Å². The van der Waals surface area contributed by atoms with Crippen molar-refractivity contribution in [1.82, 2.24) is 9.88 Å². The van der Waals surface area contributed by atoms with Gasteiger partial charge < -0.3 is 15.1 Å². The highest BCUT2D eigenvalue weighted by molar-refractivity contribution is 6.07. The molecule has 2 atom stereocenters. The first-order valence-electron chi connectivity index (χ1n) is 10.1. The molecule has 30 heavy (non-hydrogen) atoms. The highest BCUT2D eigenvalue weighted by Gasteiger charge is 2.29. The number of amides is 1. The molecule has 1 aliphatic heterocycles. The van der Waals surface area contributed by atoms with Gasteiger partial charge in [0.05, 0.1) is 12.2 Å². The number of carbonyl (C=O) groups is 1. The van der Waals surface area contributed by atoms with Crippen LogP contribution in [0.3, 0.4) is 0 Å². The highest BCUT2D eigenvalue weighted by atomic mass is 16.3. The van der Waals surface area contributed by atoms with Gasteiger partial charge in [-0.25, -0.2) is 0 Å². The fourth-order valence-corrected chi connectivity index (χ4v) is 4.30. The largest absolute Gasteiger partial charge is 0.390 e. The van der Waals surface area contributed by atoms with E-state index in [9.17, 15) is 15.0 Å². The minimum atomic E-state index is -0.893. The van der Waals surface area contributed by atoms with Crippen LogP contribution in [0, 0.1) is 0 Å². The van der Waals surface area contributed by atoms with Crippen LogP contribution in [0.25, 0.3) is 32.7 Å². The number of aliphatic hydroxyl groups is 2. The maximum atomic E-state index is 13.0. The lowest BCUT2D eigenvalue weighted by Gasteiger charge is -2.33. The van der Waals surface area contributed by atoms with Gasteiger partial charge in [0.1, 0.15) is 0 Å². The second-order valence-electron chi connectivity index (χ2n) is 7.82. The Morgan fingerprint density at radius 2 is 1.63 bits per heavy atom. The zero-order valence-electron chi connectivity index (χ0n) is 16.4. The Kier molecular flexibility index (Phi) is 4.69. The minimum Gasteiger partial charge on any atom is -0.390 e. The van der Waals surface area contributed by atoms with Crippen LogP contribution in [0.2, 0.25) is 0 Å². The van der Waals surface area contributed by atoms with Crippen molar-refractivity contribution in [3.05, 3.63) is 78.6 Å². The molecule has 0 radical (unpaired) electrons. The third-order valence-electron chi connectivity index (χ3n) is 5.93. The quantitative estimate of drug-likeness (QED) is 0.541. The van der Waals surface area contributed by atoms with Gasteiger partial charge >= 0.3 is 0 Å². The maximum Gasteiger partial charge on any atom is 0.253 e. The number of β-amino-alcohol motifs (C(OH)–C–C–N with tert-alkyl or cyclic N) is 1. The normalized spacial score (nSPS) is 19.3. The number of piperidine rings is 1. The lowest BCUT2D eigenvalue weighted by atomic mass is 9.93. The number of pyridine rings is 1. The van der Waals surface area contributed by atoms with E-state index in [2.05, 4.69) is 23.2 Å². The van der Waals surface area contributed by atoms with Gasteiger partial charge in [-0.3, -0.25) is 9.78 Å². The Morgan fingerprint density at radius 3 is 2.40 bits per heavy atom. The van der Waals surface area contributed by atoms with Gasteiger partial charge in [-0.1, -0.05) is 42.5 Å². The number of rotatable bonds is 2.